The summed E-state index contributed by atoms with van der Waals surface area (Å²) in [5.74, 6) is 0.229. The maximum absolute atomic E-state index is 13.5. The second-order valence-electron chi connectivity index (χ2n) is 9.20. The van der Waals surface area contributed by atoms with Crippen LogP contribution in [0, 0.1) is 5.82 Å². The van der Waals surface area contributed by atoms with E-state index >= 15 is 0 Å². The number of carbonyl (C=O) groups is 2. The van der Waals surface area contributed by atoms with Crippen molar-refractivity contribution in [3.05, 3.63) is 90.0 Å². The first kappa shape index (κ1) is 25.0. The summed E-state index contributed by atoms with van der Waals surface area (Å²) in [6, 6.07) is 13.4. The Kier molecular flexibility index (Phi) is 7.73. The molecule has 8 heteroatoms. The van der Waals surface area contributed by atoms with Crippen LogP contribution < -0.4 is 10.2 Å². The number of piperidine rings is 1. The minimum atomic E-state index is -0.326. The summed E-state index contributed by atoms with van der Waals surface area (Å²) < 4.78 is 13.5. The van der Waals surface area contributed by atoms with E-state index in [1.54, 1.807) is 48.5 Å². The van der Waals surface area contributed by atoms with Gasteiger partial charge in [0, 0.05) is 50.7 Å². The molecule has 0 radical (unpaired) electrons. The zero-order chi connectivity index (χ0) is 25.7. The summed E-state index contributed by atoms with van der Waals surface area (Å²) >= 11 is 0. The molecule has 3 aromatic rings. The number of anilines is 1. The van der Waals surface area contributed by atoms with E-state index in [0.717, 1.165) is 37.3 Å². The average molecular weight is 488 g/mol. The normalized spacial score (nSPS) is 13.8. The lowest BCUT2D eigenvalue weighted by Gasteiger charge is -2.33. The van der Waals surface area contributed by atoms with Gasteiger partial charge in [0.15, 0.2) is 0 Å². The third-order valence-corrected chi connectivity index (χ3v) is 6.15. The standard InChI is InChI=1S/C28H30FN5O2/c1-19(2)18-33(3)28(36)22-8-10-26(31-17-22)34-13-11-24(12-14-34)32-27(35)21-7-9-25(30-16-21)20-5-4-6-23(29)15-20/h4-10,15-17,24H,1,11-14,18H2,2-3H3,(H,32,35). The van der Waals surface area contributed by atoms with Crippen molar-refractivity contribution in [2.45, 2.75) is 25.8 Å². The predicted octanol–water partition coefficient (Wildman–Crippen LogP) is 4.33. The number of hydrogen-bond donors (Lipinski definition) is 1. The quantitative estimate of drug-likeness (QED) is 0.502. The largest absolute Gasteiger partial charge is 0.356 e. The fourth-order valence-electron chi connectivity index (χ4n) is 4.27. The first-order chi connectivity index (χ1) is 17.3. The summed E-state index contributed by atoms with van der Waals surface area (Å²) in [7, 11) is 1.75. The molecule has 0 aliphatic carbocycles. The lowest BCUT2D eigenvalue weighted by Crippen LogP contribution is -2.45. The van der Waals surface area contributed by atoms with Crippen LogP contribution in [0.1, 0.15) is 40.5 Å². The number of benzene rings is 1. The Morgan fingerprint density at radius 3 is 2.42 bits per heavy atom. The van der Waals surface area contributed by atoms with Gasteiger partial charge < -0.3 is 15.1 Å². The molecule has 3 heterocycles. The third kappa shape index (κ3) is 6.13. The first-order valence-electron chi connectivity index (χ1n) is 11.9. The molecule has 1 aliphatic rings. The Balaban J connectivity index is 1.29. The van der Waals surface area contributed by atoms with Gasteiger partial charge in [-0.2, -0.15) is 0 Å². The van der Waals surface area contributed by atoms with Gasteiger partial charge in [0.05, 0.1) is 16.8 Å². The number of nitrogens with one attached hydrogen (secondary N) is 1. The molecule has 186 valence electrons. The van der Waals surface area contributed by atoms with Crippen LogP contribution in [-0.2, 0) is 0 Å². The smallest absolute Gasteiger partial charge is 0.255 e. The number of pyridine rings is 2. The minimum absolute atomic E-state index is 0.0493. The zero-order valence-corrected chi connectivity index (χ0v) is 20.6. The maximum atomic E-state index is 13.5. The number of amides is 2. The summed E-state index contributed by atoms with van der Waals surface area (Å²) in [6.07, 6.45) is 4.70. The lowest BCUT2D eigenvalue weighted by atomic mass is 10.0. The van der Waals surface area contributed by atoms with Crippen molar-refractivity contribution in [3.63, 3.8) is 0 Å². The fourth-order valence-corrected chi connectivity index (χ4v) is 4.27. The molecular weight excluding hydrogens is 457 g/mol. The maximum Gasteiger partial charge on any atom is 0.255 e. The second kappa shape index (κ2) is 11.1. The molecule has 0 unspecified atom stereocenters. The van der Waals surface area contributed by atoms with Gasteiger partial charge in [-0.15, -0.1) is 0 Å². The number of likely N-dealkylation sites (N-methyl/N-ethyl adjacent to an activating group) is 1. The second-order valence-corrected chi connectivity index (χ2v) is 9.20. The van der Waals surface area contributed by atoms with Crippen molar-refractivity contribution in [1.82, 2.24) is 20.2 Å². The molecule has 36 heavy (non-hydrogen) atoms. The van der Waals surface area contributed by atoms with E-state index in [1.807, 2.05) is 13.0 Å². The van der Waals surface area contributed by atoms with Gasteiger partial charge in [-0.3, -0.25) is 14.6 Å². The monoisotopic (exact) mass is 487 g/mol. The van der Waals surface area contributed by atoms with Gasteiger partial charge in [0.1, 0.15) is 11.6 Å². The van der Waals surface area contributed by atoms with E-state index in [0.29, 0.717) is 28.9 Å². The predicted molar refractivity (Wildman–Crippen MR) is 138 cm³/mol. The van der Waals surface area contributed by atoms with Gasteiger partial charge in [0.2, 0.25) is 0 Å². The topological polar surface area (TPSA) is 78.4 Å². The van der Waals surface area contributed by atoms with Crippen molar-refractivity contribution < 1.29 is 14.0 Å². The van der Waals surface area contributed by atoms with Crippen molar-refractivity contribution >= 4 is 17.6 Å². The molecule has 7 nitrogen and oxygen atoms in total. The number of carbonyl (C=O) groups excluding carboxylic acids is 2. The molecule has 0 saturated carbocycles. The molecule has 1 aliphatic heterocycles. The highest BCUT2D eigenvalue weighted by Crippen LogP contribution is 2.20. The molecule has 0 bridgehead atoms. The molecule has 4 rings (SSSR count). The molecule has 0 atom stereocenters. The fraction of sp³-hybridized carbons (Fsp3) is 0.286. The SMILES string of the molecule is C=C(C)CN(C)C(=O)c1ccc(N2CCC(NC(=O)c3ccc(-c4cccc(F)c4)nc3)CC2)nc1. The first-order valence-corrected chi connectivity index (χ1v) is 11.9. The van der Waals surface area contributed by atoms with Crippen LogP contribution >= 0.6 is 0 Å². The van der Waals surface area contributed by atoms with E-state index in [2.05, 4.69) is 26.8 Å². The summed E-state index contributed by atoms with van der Waals surface area (Å²) in [4.78, 5) is 37.8. The summed E-state index contributed by atoms with van der Waals surface area (Å²) in [6.45, 7) is 7.74. The van der Waals surface area contributed by atoms with Crippen LogP contribution in [-0.4, -0.2) is 59.4 Å². The van der Waals surface area contributed by atoms with Crippen LogP contribution in [0.2, 0.25) is 0 Å². The number of rotatable bonds is 7. The van der Waals surface area contributed by atoms with E-state index in [4.69, 9.17) is 0 Å². The summed E-state index contributed by atoms with van der Waals surface area (Å²) in [5.41, 5.74) is 3.21. The molecular formula is C28H30FN5O2. The van der Waals surface area contributed by atoms with Crippen molar-refractivity contribution in [1.29, 1.82) is 0 Å². The van der Waals surface area contributed by atoms with Crippen LogP contribution in [0.25, 0.3) is 11.3 Å². The van der Waals surface area contributed by atoms with Crippen molar-refractivity contribution in [2.75, 3.05) is 31.6 Å². The van der Waals surface area contributed by atoms with Crippen LogP contribution in [0.4, 0.5) is 10.2 Å². The lowest BCUT2D eigenvalue weighted by molar-refractivity contribution is 0.0806. The number of nitrogens with zero attached hydrogens (tertiary/aromatic N) is 4. The molecule has 1 aromatic carbocycles. The van der Waals surface area contributed by atoms with Crippen molar-refractivity contribution in [3.8, 4) is 11.3 Å². The zero-order valence-electron chi connectivity index (χ0n) is 20.6. The van der Waals surface area contributed by atoms with E-state index < -0.39 is 0 Å². The van der Waals surface area contributed by atoms with Crippen LogP contribution in [0.15, 0.2) is 73.1 Å². The van der Waals surface area contributed by atoms with Crippen molar-refractivity contribution in [2.24, 2.45) is 0 Å². The number of aromatic nitrogens is 2. The average Bonchev–Trinajstić information content (AvgIpc) is 2.88. The van der Waals surface area contributed by atoms with Crippen LogP contribution in [0.3, 0.4) is 0 Å². The van der Waals surface area contributed by atoms with E-state index in [9.17, 15) is 14.0 Å². The highest BCUT2D eigenvalue weighted by molar-refractivity contribution is 5.94. The molecule has 1 N–H and O–H groups in total. The van der Waals surface area contributed by atoms with E-state index in [1.165, 1.54) is 18.3 Å². The minimum Gasteiger partial charge on any atom is -0.356 e. The van der Waals surface area contributed by atoms with E-state index in [-0.39, 0.29) is 23.7 Å². The molecule has 1 saturated heterocycles. The summed E-state index contributed by atoms with van der Waals surface area (Å²) in [5, 5.41) is 3.08. The van der Waals surface area contributed by atoms with Crippen LogP contribution in [0.5, 0.6) is 0 Å². The van der Waals surface area contributed by atoms with Gasteiger partial charge in [0.25, 0.3) is 11.8 Å². The van der Waals surface area contributed by atoms with Gasteiger partial charge in [-0.25, -0.2) is 9.37 Å². The molecule has 0 spiro atoms. The Hall–Kier alpha value is -4.07. The van der Waals surface area contributed by atoms with Gasteiger partial charge in [-0.1, -0.05) is 24.3 Å². The Morgan fingerprint density at radius 2 is 1.81 bits per heavy atom. The number of hydrogen-bond acceptors (Lipinski definition) is 5. The Labute approximate surface area is 210 Å². The highest BCUT2D eigenvalue weighted by atomic mass is 19.1. The molecule has 2 aromatic heterocycles. The Bertz CT molecular complexity index is 1240. The Morgan fingerprint density at radius 1 is 1.08 bits per heavy atom. The van der Waals surface area contributed by atoms with Gasteiger partial charge >= 0.3 is 0 Å². The third-order valence-electron chi connectivity index (χ3n) is 6.15. The van der Waals surface area contributed by atoms with Gasteiger partial charge in [-0.05, 0) is 56.2 Å². The molecule has 2 amide bonds. The number of halogens is 1. The highest BCUT2D eigenvalue weighted by Gasteiger charge is 2.22. The molecule has 1 fully saturated rings.